The predicted molar refractivity (Wildman–Crippen MR) is 126 cm³/mol. The molecular formula is C24H30FN5O2S. The average Bonchev–Trinajstić information content (AvgIpc) is 3.72. The molecule has 1 N–H and O–H groups in total. The molecule has 1 aromatic carbocycles. The van der Waals surface area contributed by atoms with E-state index in [9.17, 15) is 9.18 Å². The number of ether oxygens (including phenoxy) is 1. The number of thioether (sulfide) groups is 1. The Morgan fingerprint density at radius 3 is 2.70 bits per heavy atom. The zero-order valence-electron chi connectivity index (χ0n) is 19.4. The van der Waals surface area contributed by atoms with Crippen LogP contribution in [0, 0.1) is 12.7 Å². The van der Waals surface area contributed by atoms with Crippen molar-refractivity contribution in [2.24, 2.45) is 0 Å². The van der Waals surface area contributed by atoms with E-state index in [1.807, 2.05) is 31.1 Å². The van der Waals surface area contributed by atoms with Crippen LogP contribution in [0.4, 0.5) is 20.7 Å². The highest BCUT2D eigenvalue weighted by atomic mass is 32.2. The van der Waals surface area contributed by atoms with Gasteiger partial charge in [-0.2, -0.15) is 0 Å². The van der Waals surface area contributed by atoms with E-state index in [-0.39, 0.29) is 23.1 Å². The number of piperazine rings is 1. The first-order chi connectivity index (χ1) is 15.8. The van der Waals surface area contributed by atoms with Gasteiger partial charge >= 0.3 is 6.09 Å². The molecule has 33 heavy (non-hydrogen) atoms. The van der Waals surface area contributed by atoms with Gasteiger partial charge in [-0.25, -0.2) is 19.2 Å². The lowest BCUT2D eigenvalue weighted by molar-refractivity contribution is 0.0167. The molecule has 5 rings (SSSR count). The van der Waals surface area contributed by atoms with Crippen LogP contribution in [0.3, 0.4) is 0 Å². The Bertz CT molecular complexity index is 1070. The second-order valence-electron chi connectivity index (χ2n) is 9.65. The lowest BCUT2D eigenvalue weighted by Gasteiger charge is -2.42. The summed E-state index contributed by atoms with van der Waals surface area (Å²) in [5, 5.41) is 3.13. The molecule has 1 saturated heterocycles. The molecule has 0 unspecified atom stereocenters. The third-order valence-electron chi connectivity index (χ3n) is 7.13. The van der Waals surface area contributed by atoms with Crippen molar-refractivity contribution < 1.29 is 13.9 Å². The van der Waals surface area contributed by atoms with Gasteiger partial charge in [-0.3, -0.25) is 4.90 Å². The normalized spacial score (nSPS) is 20.5. The van der Waals surface area contributed by atoms with Crippen molar-refractivity contribution in [3.63, 3.8) is 0 Å². The van der Waals surface area contributed by atoms with Gasteiger partial charge in [0.2, 0.25) is 0 Å². The first-order valence-electron chi connectivity index (χ1n) is 11.4. The van der Waals surface area contributed by atoms with Crippen molar-refractivity contribution in [1.82, 2.24) is 19.8 Å². The Labute approximate surface area is 198 Å². The number of hydrogen-bond acceptors (Lipinski definition) is 7. The second kappa shape index (κ2) is 8.43. The number of aromatic nitrogens is 2. The van der Waals surface area contributed by atoms with Crippen LogP contribution in [0.2, 0.25) is 0 Å². The predicted octanol–water partition coefficient (Wildman–Crippen LogP) is 4.73. The van der Waals surface area contributed by atoms with Gasteiger partial charge < -0.3 is 15.0 Å². The van der Waals surface area contributed by atoms with E-state index in [4.69, 9.17) is 4.74 Å². The summed E-state index contributed by atoms with van der Waals surface area (Å²) in [5.41, 5.74) is 1.98. The van der Waals surface area contributed by atoms with Crippen molar-refractivity contribution in [2.45, 2.75) is 62.1 Å². The van der Waals surface area contributed by atoms with Crippen LogP contribution in [0.15, 0.2) is 29.4 Å². The molecule has 1 spiro atoms. The maximum absolute atomic E-state index is 14.5. The van der Waals surface area contributed by atoms with E-state index in [0.29, 0.717) is 31.1 Å². The maximum atomic E-state index is 14.5. The Morgan fingerprint density at radius 1 is 1.24 bits per heavy atom. The number of benzene rings is 1. The summed E-state index contributed by atoms with van der Waals surface area (Å²) >= 11 is 1.50. The molecular weight excluding hydrogens is 441 g/mol. The molecule has 2 aliphatic carbocycles. The fourth-order valence-electron chi connectivity index (χ4n) is 4.39. The first-order valence-corrected chi connectivity index (χ1v) is 12.7. The zero-order valence-corrected chi connectivity index (χ0v) is 20.2. The summed E-state index contributed by atoms with van der Waals surface area (Å²) in [6, 6.07) is 5.15. The minimum absolute atomic E-state index is 0.00641. The third-order valence-corrected chi connectivity index (χ3v) is 7.85. The Balaban J connectivity index is 1.27. The highest BCUT2D eigenvalue weighted by Gasteiger charge is 2.53. The zero-order chi connectivity index (χ0) is 23.2. The van der Waals surface area contributed by atoms with E-state index in [1.165, 1.54) is 24.2 Å². The second-order valence-corrected chi connectivity index (χ2v) is 10.5. The summed E-state index contributed by atoms with van der Waals surface area (Å²) in [6.45, 7) is 6.78. The molecule has 176 valence electrons. The first kappa shape index (κ1) is 22.4. The van der Waals surface area contributed by atoms with E-state index in [2.05, 4.69) is 20.2 Å². The van der Waals surface area contributed by atoms with Crippen LogP contribution in [0.1, 0.15) is 43.9 Å². The lowest BCUT2D eigenvalue weighted by atomic mass is 10.1. The number of nitrogens with one attached hydrogen (secondary N) is 1. The van der Waals surface area contributed by atoms with E-state index in [1.54, 1.807) is 6.07 Å². The SMILES string of the molecule is CSc1ccc(Nc2ncnc(CN3CCN(C(=O)OC4(C)CC4)CC34CC4)c2C)c(F)c1. The summed E-state index contributed by atoms with van der Waals surface area (Å²) in [6.07, 6.45) is 7.32. The third kappa shape index (κ3) is 4.66. The molecule has 2 heterocycles. The Kier molecular flexibility index (Phi) is 5.73. The number of amides is 1. The molecule has 2 saturated carbocycles. The highest BCUT2D eigenvalue weighted by molar-refractivity contribution is 7.98. The van der Waals surface area contributed by atoms with Crippen LogP contribution in [-0.2, 0) is 11.3 Å². The van der Waals surface area contributed by atoms with Crippen molar-refractivity contribution >= 4 is 29.4 Å². The van der Waals surface area contributed by atoms with Gasteiger partial charge in [-0.05, 0) is 64.0 Å². The van der Waals surface area contributed by atoms with Crippen LogP contribution >= 0.6 is 11.8 Å². The fourth-order valence-corrected chi connectivity index (χ4v) is 4.82. The van der Waals surface area contributed by atoms with Crippen LogP contribution in [-0.4, -0.2) is 62.9 Å². The quantitative estimate of drug-likeness (QED) is 0.611. The van der Waals surface area contributed by atoms with Gasteiger partial charge in [0, 0.05) is 42.2 Å². The largest absolute Gasteiger partial charge is 0.443 e. The number of hydrogen-bond donors (Lipinski definition) is 1. The van der Waals surface area contributed by atoms with Crippen molar-refractivity contribution in [3.05, 3.63) is 41.6 Å². The molecule has 3 fully saturated rings. The molecule has 1 aliphatic heterocycles. The van der Waals surface area contributed by atoms with Gasteiger partial charge in [0.05, 0.1) is 11.4 Å². The van der Waals surface area contributed by atoms with E-state index >= 15 is 0 Å². The Morgan fingerprint density at radius 2 is 2.03 bits per heavy atom. The summed E-state index contributed by atoms with van der Waals surface area (Å²) < 4.78 is 20.2. The topological polar surface area (TPSA) is 70.6 Å². The van der Waals surface area contributed by atoms with Crippen LogP contribution in [0.25, 0.3) is 0 Å². The monoisotopic (exact) mass is 471 g/mol. The fraction of sp³-hybridized carbons (Fsp3) is 0.542. The Hall–Kier alpha value is -2.39. The van der Waals surface area contributed by atoms with E-state index < -0.39 is 0 Å². The number of carbonyl (C=O) groups excluding carboxylic acids is 1. The van der Waals surface area contributed by atoms with Crippen molar-refractivity contribution in [2.75, 3.05) is 31.2 Å². The molecule has 0 radical (unpaired) electrons. The van der Waals surface area contributed by atoms with Crippen molar-refractivity contribution in [3.8, 4) is 0 Å². The van der Waals surface area contributed by atoms with Gasteiger partial charge in [0.25, 0.3) is 0 Å². The average molecular weight is 472 g/mol. The van der Waals surface area contributed by atoms with Crippen LogP contribution in [0.5, 0.6) is 0 Å². The lowest BCUT2D eigenvalue weighted by Crippen LogP contribution is -2.56. The molecule has 3 aliphatic rings. The number of anilines is 2. The van der Waals surface area contributed by atoms with Crippen molar-refractivity contribution in [1.29, 1.82) is 0 Å². The smallest absolute Gasteiger partial charge is 0.410 e. The summed E-state index contributed by atoms with van der Waals surface area (Å²) in [7, 11) is 0. The minimum atomic E-state index is -0.304. The van der Waals surface area contributed by atoms with Gasteiger partial charge in [-0.1, -0.05) is 0 Å². The molecule has 0 bridgehead atoms. The molecule has 0 atom stereocenters. The highest BCUT2D eigenvalue weighted by Crippen LogP contribution is 2.46. The molecule has 1 aromatic heterocycles. The minimum Gasteiger partial charge on any atom is -0.443 e. The molecule has 9 heteroatoms. The summed E-state index contributed by atoms with van der Waals surface area (Å²) in [4.78, 5) is 26.7. The number of carbonyl (C=O) groups is 1. The van der Waals surface area contributed by atoms with E-state index in [0.717, 1.165) is 48.4 Å². The molecule has 1 amide bonds. The number of rotatable bonds is 6. The number of nitrogens with zero attached hydrogens (tertiary/aromatic N) is 4. The molecule has 7 nitrogen and oxygen atoms in total. The number of halogens is 1. The van der Waals surface area contributed by atoms with Crippen LogP contribution < -0.4 is 5.32 Å². The van der Waals surface area contributed by atoms with Gasteiger partial charge in [0.1, 0.15) is 23.6 Å². The molecule has 2 aromatic rings. The van der Waals surface area contributed by atoms with Gasteiger partial charge in [0.15, 0.2) is 0 Å². The summed E-state index contributed by atoms with van der Waals surface area (Å²) in [5.74, 6) is 0.307. The maximum Gasteiger partial charge on any atom is 0.410 e. The standard InChI is InChI=1S/C24H30FN5O2S/c1-16-20(26-15-27-21(16)28-19-5-4-17(33-3)12-18(19)25)13-30-11-10-29(14-24(30)8-9-24)22(31)32-23(2)6-7-23/h4-5,12,15H,6-11,13-14H2,1-3H3,(H,26,27,28). The van der Waals surface area contributed by atoms with Gasteiger partial charge in [-0.15, -0.1) is 11.8 Å².